The average Bonchev–Trinajstić information content (AvgIpc) is 2.58. The SMILES string of the molecule is Brc1ccc(-c2nn[c]o2)cc1. The number of rotatable bonds is 1. The first-order chi connectivity index (χ1) is 5.86. The molecule has 4 heteroatoms. The van der Waals surface area contributed by atoms with Gasteiger partial charge in [-0.25, -0.2) is 0 Å². The van der Waals surface area contributed by atoms with E-state index in [1.165, 1.54) is 0 Å². The van der Waals surface area contributed by atoms with Crippen LogP contribution in [0.2, 0.25) is 0 Å². The smallest absolute Gasteiger partial charge is 0.306 e. The summed E-state index contributed by atoms with van der Waals surface area (Å²) in [6.45, 7) is 0. The Kier molecular flexibility index (Phi) is 1.91. The minimum absolute atomic E-state index is 0.488. The Labute approximate surface area is 77.6 Å². The van der Waals surface area contributed by atoms with Crippen molar-refractivity contribution in [3.63, 3.8) is 0 Å². The molecule has 59 valence electrons. The Morgan fingerprint density at radius 3 is 2.58 bits per heavy atom. The van der Waals surface area contributed by atoms with Crippen molar-refractivity contribution in [3.05, 3.63) is 35.1 Å². The zero-order valence-electron chi connectivity index (χ0n) is 5.99. The first kappa shape index (κ1) is 7.49. The van der Waals surface area contributed by atoms with Crippen LogP contribution in [0.1, 0.15) is 0 Å². The molecule has 1 aromatic carbocycles. The lowest BCUT2D eigenvalue weighted by Gasteiger charge is -1.92. The normalized spacial score (nSPS) is 10.1. The molecule has 0 amide bonds. The van der Waals surface area contributed by atoms with Crippen LogP contribution < -0.4 is 0 Å². The van der Waals surface area contributed by atoms with Gasteiger partial charge in [0, 0.05) is 10.0 Å². The molecule has 3 nitrogen and oxygen atoms in total. The van der Waals surface area contributed by atoms with Crippen LogP contribution in [0.5, 0.6) is 0 Å². The highest BCUT2D eigenvalue weighted by Gasteiger charge is 2.01. The maximum Gasteiger partial charge on any atom is 0.306 e. The summed E-state index contributed by atoms with van der Waals surface area (Å²) in [5.41, 5.74) is 0.895. The highest BCUT2D eigenvalue weighted by atomic mass is 79.9. The molecule has 2 aromatic rings. The van der Waals surface area contributed by atoms with E-state index in [-0.39, 0.29) is 0 Å². The molecule has 0 aliphatic rings. The van der Waals surface area contributed by atoms with Crippen LogP contribution in [0.4, 0.5) is 0 Å². The van der Waals surface area contributed by atoms with Gasteiger partial charge in [0.05, 0.1) is 0 Å². The van der Waals surface area contributed by atoms with E-state index in [2.05, 4.69) is 32.5 Å². The topological polar surface area (TPSA) is 38.9 Å². The summed E-state index contributed by atoms with van der Waals surface area (Å²) in [6.07, 6.45) is 2.29. The van der Waals surface area contributed by atoms with Crippen molar-refractivity contribution in [2.75, 3.05) is 0 Å². The highest BCUT2D eigenvalue weighted by molar-refractivity contribution is 9.10. The van der Waals surface area contributed by atoms with Crippen molar-refractivity contribution in [1.29, 1.82) is 0 Å². The third-order valence-corrected chi connectivity index (χ3v) is 1.94. The second-order valence-corrected chi connectivity index (χ2v) is 3.12. The standard InChI is InChI=1S/C8H4BrN2O/c9-7-3-1-6(2-4-7)8-11-10-5-12-8/h1-4H. The predicted molar refractivity (Wildman–Crippen MR) is 46.3 cm³/mol. The van der Waals surface area contributed by atoms with Gasteiger partial charge in [-0.2, -0.15) is 0 Å². The summed E-state index contributed by atoms with van der Waals surface area (Å²) in [5, 5.41) is 7.20. The molecular formula is C8H4BrN2O. The number of halogens is 1. The molecule has 0 bridgehead atoms. The molecule has 0 spiro atoms. The largest absolute Gasteiger partial charge is 0.412 e. The molecule has 0 unspecified atom stereocenters. The van der Waals surface area contributed by atoms with E-state index in [0.29, 0.717) is 5.89 Å². The Balaban J connectivity index is 2.43. The van der Waals surface area contributed by atoms with Gasteiger partial charge >= 0.3 is 6.39 Å². The fraction of sp³-hybridized carbons (Fsp3) is 0. The van der Waals surface area contributed by atoms with E-state index in [4.69, 9.17) is 4.42 Å². The van der Waals surface area contributed by atoms with Crippen LogP contribution in [0, 0.1) is 6.39 Å². The Morgan fingerprint density at radius 1 is 1.25 bits per heavy atom. The molecule has 0 aliphatic carbocycles. The maximum atomic E-state index is 4.90. The second-order valence-electron chi connectivity index (χ2n) is 2.21. The van der Waals surface area contributed by atoms with Crippen LogP contribution in [-0.2, 0) is 0 Å². The summed E-state index contributed by atoms with van der Waals surface area (Å²) in [4.78, 5) is 0. The predicted octanol–water partition coefficient (Wildman–Crippen LogP) is 2.30. The van der Waals surface area contributed by atoms with E-state index >= 15 is 0 Å². The fourth-order valence-electron chi connectivity index (χ4n) is 0.859. The number of hydrogen-bond donors (Lipinski definition) is 0. The lowest BCUT2D eigenvalue weighted by molar-refractivity contribution is 0.559. The van der Waals surface area contributed by atoms with Gasteiger partial charge in [-0.05, 0) is 24.3 Å². The van der Waals surface area contributed by atoms with Crippen molar-refractivity contribution >= 4 is 15.9 Å². The number of benzene rings is 1. The van der Waals surface area contributed by atoms with Gasteiger partial charge in [-0.1, -0.05) is 15.9 Å². The van der Waals surface area contributed by atoms with Crippen molar-refractivity contribution < 1.29 is 4.42 Å². The molecule has 0 saturated heterocycles. The van der Waals surface area contributed by atoms with Crippen LogP contribution in [-0.4, -0.2) is 10.2 Å². The summed E-state index contributed by atoms with van der Waals surface area (Å²) in [6, 6.07) is 7.62. The molecule has 0 saturated carbocycles. The minimum atomic E-state index is 0.488. The first-order valence-electron chi connectivity index (χ1n) is 3.32. The van der Waals surface area contributed by atoms with Gasteiger partial charge in [0.1, 0.15) is 0 Å². The van der Waals surface area contributed by atoms with E-state index in [9.17, 15) is 0 Å². The van der Waals surface area contributed by atoms with Gasteiger partial charge in [0.15, 0.2) is 0 Å². The lowest BCUT2D eigenvalue weighted by atomic mass is 10.2. The van der Waals surface area contributed by atoms with Gasteiger partial charge < -0.3 is 4.42 Å². The van der Waals surface area contributed by atoms with Crippen molar-refractivity contribution in [1.82, 2.24) is 10.2 Å². The Morgan fingerprint density at radius 2 is 2.00 bits per heavy atom. The average molecular weight is 224 g/mol. The molecule has 1 heterocycles. The minimum Gasteiger partial charge on any atom is -0.412 e. The van der Waals surface area contributed by atoms with Crippen molar-refractivity contribution in [2.45, 2.75) is 0 Å². The summed E-state index contributed by atoms with van der Waals surface area (Å²) in [5.74, 6) is 0.488. The van der Waals surface area contributed by atoms with Gasteiger partial charge in [-0.15, -0.1) is 10.2 Å². The van der Waals surface area contributed by atoms with Gasteiger partial charge in [0.25, 0.3) is 0 Å². The number of nitrogens with zero attached hydrogens (tertiary/aromatic N) is 2. The molecule has 0 N–H and O–H groups in total. The fourth-order valence-corrected chi connectivity index (χ4v) is 1.12. The Bertz CT molecular complexity index is 355. The van der Waals surface area contributed by atoms with E-state index in [1.807, 2.05) is 24.3 Å². The second kappa shape index (κ2) is 3.06. The monoisotopic (exact) mass is 223 g/mol. The molecule has 0 aliphatic heterocycles. The van der Waals surface area contributed by atoms with Crippen LogP contribution >= 0.6 is 15.9 Å². The van der Waals surface area contributed by atoms with Crippen LogP contribution in [0.3, 0.4) is 0 Å². The molecule has 1 aromatic heterocycles. The molecule has 2 rings (SSSR count). The van der Waals surface area contributed by atoms with E-state index in [1.54, 1.807) is 0 Å². The van der Waals surface area contributed by atoms with Gasteiger partial charge in [0.2, 0.25) is 5.89 Å². The molecular weight excluding hydrogens is 220 g/mol. The van der Waals surface area contributed by atoms with Gasteiger partial charge in [-0.3, -0.25) is 0 Å². The zero-order valence-corrected chi connectivity index (χ0v) is 7.58. The highest BCUT2D eigenvalue weighted by Crippen LogP contribution is 2.18. The Hall–Kier alpha value is -1.16. The van der Waals surface area contributed by atoms with Crippen LogP contribution in [0.15, 0.2) is 33.2 Å². The van der Waals surface area contributed by atoms with E-state index in [0.717, 1.165) is 10.0 Å². The molecule has 0 atom stereocenters. The summed E-state index contributed by atoms with van der Waals surface area (Å²) >= 11 is 3.33. The summed E-state index contributed by atoms with van der Waals surface area (Å²) < 4.78 is 5.92. The van der Waals surface area contributed by atoms with E-state index < -0.39 is 0 Å². The lowest BCUT2D eigenvalue weighted by Crippen LogP contribution is -1.76. The third kappa shape index (κ3) is 1.38. The zero-order chi connectivity index (χ0) is 8.39. The molecule has 1 radical (unpaired) electrons. The quantitative estimate of drug-likeness (QED) is 0.745. The van der Waals surface area contributed by atoms with Crippen molar-refractivity contribution in [2.24, 2.45) is 0 Å². The van der Waals surface area contributed by atoms with Crippen LogP contribution in [0.25, 0.3) is 11.5 Å². The first-order valence-corrected chi connectivity index (χ1v) is 4.11. The third-order valence-electron chi connectivity index (χ3n) is 1.42. The maximum absolute atomic E-state index is 4.90. The summed E-state index contributed by atoms with van der Waals surface area (Å²) in [7, 11) is 0. The number of hydrogen-bond acceptors (Lipinski definition) is 3. The molecule has 12 heavy (non-hydrogen) atoms. The van der Waals surface area contributed by atoms with Crippen molar-refractivity contribution in [3.8, 4) is 11.5 Å². The molecule has 0 fully saturated rings. The number of aromatic nitrogens is 2.